The van der Waals surface area contributed by atoms with E-state index in [1.807, 2.05) is 44.2 Å². The van der Waals surface area contributed by atoms with Crippen molar-refractivity contribution in [3.8, 4) is 0 Å². The largest absolute Gasteiger partial charge is 0.272 e. The lowest BCUT2D eigenvalue weighted by atomic mass is 10.0. The Kier molecular flexibility index (Phi) is 3.80. The standard InChI is InChI=1S/C19H19NO2/c1-13(2)20-18(21)16-11-10-15(12-17(16)19(20)22)9-8-14-6-4-3-5-7-14/h3-7,10-13H,8-9H2,1-2H3. The van der Waals surface area contributed by atoms with Gasteiger partial charge in [-0.05, 0) is 49.9 Å². The second-order valence-electron chi connectivity index (χ2n) is 5.94. The number of imide groups is 1. The van der Waals surface area contributed by atoms with Crippen molar-refractivity contribution in [3.05, 3.63) is 70.8 Å². The van der Waals surface area contributed by atoms with E-state index in [2.05, 4.69) is 12.1 Å². The lowest BCUT2D eigenvalue weighted by Gasteiger charge is -2.17. The minimum absolute atomic E-state index is 0.111. The number of nitrogens with zero attached hydrogens (tertiary/aromatic N) is 1. The van der Waals surface area contributed by atoms with Crippen molar-refractivity contribution in [1.29, 1.82) is 0 Å². The quantitative estimate of drug-likeness (QED) is 0.809. The van der Waals surface area contributed by atoms with Gasteiger partial charge in [0.05, 0.1) is 11.1 Å². The van der Waals surface area contributed by atoms with Crippen LogP contribution in [0.15, 0.2) is 48.5 Å². The molecule has 0 atom stereocenters. The summed E-state index contributed by atoms with van der Waals surface area (Å²) in [6.07, 6.45) is 1.79. The maximum atomic E-state index is 12.4. The van der Waals surface area contributed by atoms with E-state index in [0.717, 1.165) is 18.4 Å². The topological polar surface area (TPSA) is 37.4 Å². The summed E-state index contributed by atoms with van der Waals surface area (Å²) in [5, 5.41) is 0. The molecular weight excluding hydrogens is 274 g/mol. The van der Waals surface area contributed by atoms with Crippen molar-refractivity contribution < 1.29 is 9.59 Å². The Morgan fingerprint density at radius 1 is 0.818 bits per heavy atom. The summed E-state index contributed by atoms with van der Waals surface area (Å²) in [7, 11) is 0. The monoisotopic (exact) mass is 293 g/mol. The molecule has 0 unspecified atom stereocenters. The van der Waals surface area contributed by atoms with Crippen molar-refractivity contribution in [3.63, 3.8) is 0 Å². The Labute approximate surface area is 130 Å². The molecule has 3 rings (SSSR count). The van der Waals surface area contributed by atoms with E-state index in [9.17, 15) is 9.59 Å². The van der Waals surface area contributed by atoms with Crippen molar-refractivity contribution >= 4 is 11.8 Å². The lowest BCUT2D eigenvalue weighted by Crippen LogP contribution is -2.35. The summed E-state index contributed by atoms with van der Waals surface area (Å²) in [4.78, 5) is 26.0. The second kappa shape index (κ2) is 5.76. The summed E-state index contributed by atoms with van der Waals surface area (Å²) >= 11 is 0. The number of hydrogen-bond acceptors (Lipinski definition) is 2. The van der Waals surface area contributed by atoms with Crippen LogP contribution < -0.4 is 0 Å². The molecule has 1 aliphatic rings. The molecule has 1 heterocycles. The van der Waals surface area contributed by atoms with Crippen LogP contribution in [0, 0.1) is 0 Å². The van der Waals surface area contributed by atoms with Crippen molar-refractivity contribution in [2.75, 3.05) is 0 Å². The van der Waals surface area contributed by atoms with E-state index in [-0.39, 0.29) is 17.9 Å². The zero-order valence-electron chi connectivity index (χ0n) is 12.9. The van der Waals surface area contributed by atoms with Crippen molar-refractivity contribution in [2.24, 2.45) is 0 Å². The fourth-order valence-electron chi connectivity index (χ4n) is 2.86. The number of fused-ring (bicyclic) bond motifs is 1. The number of benzene rings is 2. The van der Waals surface area contributed by atoms with Crippen LogP contribution in [0.1, 0.15) is 45.7 Å². The van der Waals surface area contributed by atoms with Gasteiger partial charge in [0, 0.05) is 6.04 Å². The summed E-state index contributed by atoms with van der Waals surface area (Å²) in [5.74, 6) is -0.346. The molecule has 0 N–H and O–H groups in total. The predicted molar refractivity (Wildman–Crippen MR) is 85.9 cm³/mol. The SMILES string of the molecule is CC(C)N1C(=O)c2ccc(CCc3ccccc3)cc2C1=O. The van der Waals surface area contributed by atoms with Crippen LogP contribution >= 0.6 is 0 Å². The highest BCUT2D eigenvalue weighted by Gasteiger charge is 2.36. The van der Waals surface area contributed by atoms with E-state index in [4.69, 9.17) is 0 Å². The number of carbonyl (C=O) groups is 2. The van der Waals surface area contributed by atoms with E-state index >= 15 is 0 Å². The summed E-state index contributed by atoms with van der Waals surface area (Å²) < 4.78 is 0. The number of amides is 2. The minimum atomic E-state index is -0.176. The van der Waals surface area contributed by atoms with Gasteiger partial charge in [-0.3, -0.25) is 14.5 Å². The number of carbonyl (C=O) groups excluding carboxylic acids is 2. The first-order chi connectivity index (χ1) is 10.6. The molecule has 0 aliphatic carbocycles. The third kappa shape index (κ3) is 2.54. The zero-order valence-corrected chi connectivity index (χ0v) is 12.9. The highest BCUT2D eigenvalue weighted by atomic mass is 16.2. The summed E-state index contributed by atoms with van der Waals surface area (Å²) in [5.41, 5.74) is 3.44. The molecule has 0 fully saturated rings. The average Bonchev–Trinajstić information content (AvgIpc) is 2.77. The van der Waals surface area contributed by atoms with E-state index in [1.165, 1.54) is 10.5 Å². The van der Waals surface area contributed by atoms with Gasteiger partial charge in [-0.15, -0.1) is 0 Å². The van der Waals surface area contributed by atoms with Gasteiger partial charge in [0.2, 0.25) is 0 Å². The maximum Gasteiger partial charge on any atom is 0.261 e. The van der Waals surface area contributed by atoms with Gasteiger partial charge < -0.3 is 0 Å². The second-order valence-corrected chi connectivity index (χ2v) is 5.94. The molecule has 2 aromatic rings. The summed E-state index contributed by atoms with van der Waals surface area (Å²) in [6, 6.07) is 15.8. The molecule has 2 amide bonds. The Morgan fingerprint density at radius 3 is 2.14 bits per heavy atom. The molecule has 0 spiro atoms. The van der Waals surface area contributed by atoms with Gasteiger partial charge in [-0.1, -0.05) is 36.4 Å². The molecule has 0 saturated carbocycles. The van der Waals surface area contributed by atoms with Crippen LogP contribution in [0.25, 0.3) is 0 Å². The van der Waals surface area contributed by atoms with Gasteiger partial charge in [-0.25, -0.2) is 0 Å². The van der Waals surface area contributed by atoms with Gasteiger partial charge in [0.25, 0.3) is 11.8 Å². The summed E-state index contributed by atoms with van der Waals surface area (Å²) in [6.45, 7) is 3.72. The smallest absolute Gasteiger partial charge is 0.261 e. The molecular formula is C19H19NO2. The highest BCUT2D eigenvalue weighted by Crippen LogP contribution is 2.26. The molecule has 22 heavy (non-hydrogen) atoms. The first-order valence-corrected chi connectivity index (χ1v) is 7.62. The van der Waals surface area contributed by atoms with Crippen molar-refractivity contribution in [1.82, 2.24) is 4.90 Å². The van der Waals surface area contributed by atoms with Crippen LogP contribution in [0.3, 0.4) is 0 Å². The zero-order chi connectivity index (χ0) is 15.7. The Morgan fingerprint density at radius 2 is 1.45 bits per heavy atom. The predicted octanol–water partition coefficient (Wildman–Crippen LogP) is 3.48. The van der Waals surface area contributed by atoms with Crippen molar-refractivity contribution in [2.45, 2.75) is 32.7 Å². The third-order valence-corrected chi connectivity index (χ3v) is 4.04. The van der Waals surface area contributed by atoms with Gasteiger partial charge >= 0.3 is 0 Å². The fraction of sp³-hybridized carbons (Fsp3) is 0.263. The molecule has 0 bridgehead atoms. The van der Waals surface area contributed by atoms with Crippen LogP contribution in [-0.4, -0.2) is 22.8 Å². The highest BCUT2D eigenvalue weighted by molar-refractivity contribution is 6.21. The van der Waals surface area contributed by atoms with Gasteiger partial charge in [0.1, 0.15) is 0 Å². The molecule has 1 aliphatic heterocycles. The first kappa shape index (κ1) is 14.5. The van der Waals surface area contributed by atoms with Crippen LogP contribution in [0.2, 0.25) is 0 Å². The number of rotatable bonds is 4. The Hall–Kier alpha value is -2.42. The van der Waals surface area contributed by atoms with Crippen LogP contribution in [0.5, 0.6) is 0 Å². The maximum absolute atomic E-state index is 12.4. The van der Waals surface area contributed by atoms with E-state index < -0.39 is 0 Å². The molecule has 2 aromatic carbocycles. The lowest BCUT2D eigenvalue weighted by molar-refractivity contribution is 0.0609. The molecule has 0 aromatic heterocycles. The first-order valence-electron chi connectivity index (χ1n) is 7.62. The van der Waals surface area contributed by atoms with Crippen LogP contribution in [0.4, 0.5) is 0 Å². The van der Waals surface area contributed by atoms with Crippen LogP contribution in [-0.2, 0) is 12.8 Å². The fourth-order valence-corrected chi connectivity index (χ4v) is 2.86. The van der Waals surface area contributed by atoms with Gasteiger partial charge in [-0.2, -0.15) is 0 Å². The average molecular weight is 293 g/mol. The van der Waals surface area contributed by atoms with Gasteiger partial charge in [0.15, 0.2) is 0 Å². The normalized spacial score (nSPS) is 13.9. The number of aryl methyl sites for hydroxylation is 2. The third-order valence-electron chi connectivity index (χ3n) is 4.04. The number of hydrogen-bond donors (Lipinski definition) is 0. The molecule has 0 saturated heterocycles. The van der Waals surface area contributed by atoms with E-state index in [1.54, 1.807) is 6.07 Å². The molecule has 3 nitrogen and oxygen atoms in total. The Balaban J connectivity index is 1.81. The van der Waals surface area contributed by atoms with E-state index in [0.29, 0.717) is 11.1 Å². The Bertz CT molecular complexity index is 719. The molecule has 0 radical (unpaired) electrons. The molecule has 112 valence electrons. The minimum Gasteiger partial charge on any atom is -0.272 e. The molecule has 3 heteroatoms.